The molecule has 2 aliphatic heterocycles. The van der Waals surface area contributed by atoms with Crippen LogP contribution in [0, 0.1) is 0 Å². The van der Waals surface area contributed by atoms with Gasteiger partial charge in [0.15, 0.2) is 0 Å². The van der Waals surface area contributed by atoms with E-state index in [1.54, 1.807) is 0 Å². The summed E-state index contributed by atoms with van der Waals surface area (Å²) in [7, 11) is 0. The van der Waals surface area contributed by atoms with Gasteiger partial charge in [-0.05, 0) is 52.1 Å². The number of hydrogen-bond acceptors (Lipinski definition) is 3. The lowest BCUT2D eigenvalue weighted by Gasteiger charge is -2.35. The highest BCUT2D eigenvalue weighted by Gasteiger charge is 2.34. The van der Waals surface area contributed by atoms with Crippen molar-refractivity contribution in [3.8, 4) is 11.1 Å². The van der Waals surface area contributed by atoms with Crippen molar-refractivity contribution in [1.82, 2.24) is 5.32 Å². The van der Waals surface area contributed by atoms with E-state index in [0.29, 0.717) is 0 Å². The van der Waals surface area contributed by atoms with Gasteiger partial charge in [0.05, 0.1) is 11.7 Å². The summed E-state index contributed by atoms with van der Waals surface area (Å²) in [4.78, 5) is 7.76. The van der Waals surface area contributed by atoms with Crippen molar-refractivity contribution in [3.63, 3.8) is 0 Å². The van der Waals surface area contributed by atoms with E-state index in [2.05, 4.69) is 140 Å². The number of para-hydroxylation sites is 1. The highest BCUT2D eigenvalue weighted by molar-refractivity contribution is 7.99. The van der Waals surface area contributed by atoms with Crippen LogP contribution in [0.25, 0.3) is 11.1 Å². The zero-order valence-electron chi connectivity index (χ0n) is 21.5. The quantitative estimate of drug-likeness (QED) is 0.263. The molecule has 5 aromatic rings. The number of amidine groups is 1. The van der Waals surface area contributed by atoms with Crippen molar-refractivity contribution < 1.29 is 0 Å². The van der Waals surface area contributed by atoms with E-state index < -0.39 is 0 Å². The molecule has 0 radical (unpaired) electrons. The van der Waals surface area contributed by atoms with E-state index in [9.17, 15) is 0 Å². The van der Waals surface area contributed by atoms with Crippen LogP contribution in [0.2, 0.25) is 0 Å². The molecule has 0 aromatic heterocycles. The number of aliphatic imine (C=N–C) groups is 1. The third kappa shape index (κ3) is 3.86. The van der Waals surface area contributed by atoms with Crippen LogP contribution in [0.4, 0.5) is 5.69 Å². The van der Waals surface area contributed by atoms with Gasteiger partial charge in [0, 0.05) is 26.3 Å². The maximum atomic E-state index is 5.10. The van der Waals surface area contributed by atoms with Gasteiger partial charge < -0.3 is 5.32 Å². The Hall–Kier alpha value is -4.08. The summed E-state index contributed by atoms with van der Waals surface area (Å²) >= 11 is 1.87. The second-order valence-corrected chi connectivity index (χ2v) is 11.6. The van der Waals surface area contributed by atoms with Crippen molar-refractivity contribution in [3.05, 3.63) is 149 Å². The molecule has 1 unspecified atom stereocenters. The topological polar surface area (TPSA) is 24.4 Å². The molecule has 7 rings (SSSR count). The van der Waals surface area contributed by atoms with E-state index in [1.165, 1.54) is 43.2 Å². The second kappa shape index (κ2) is 9.04. The zero-order chi connectivity index (χ0) is 25.7. The fraction of sp³-hybridized carbons (Fsp3) is 0.114. The van der Waals surface area contributed by atoms with Crippen LogP contribution in [0.3, 0.4) is 0 Å². The largest absolute Gasteiger partial charge is 0.359 e. The van der Waals surface area contributed by atoms with Crippen molar-refractivity contribution in [1.29, 1.82) is 0 Å². The van der Waals surface area contributed by atoms with Gasteiger partial charge in [-0.1, -0.05) is 123 Å². The van der Waals surface area contributed by atoms with Crippen LogP contribution >= 0.6 is 11.8 Å². The fourth-order valence-electron chi connectivity index (χ4n) is 5.70. The maximum Gasteiger partial charge on any atom is 0.134 e. The Labute approximate surface area is 228 Å². The minimum Gasteiger partial charge on any atom is -0.359 e. The summed E-state index contributed by atoms with van der Waals surface area (Å²) < 4.78 is 0. The maximum absolute atomic E-state index is 5.10. The molecule has 1 N–H and O–H groups in total. The van der Waals surface area contributed by atoms with Crippen molar-refractivity contribution in [2.24, 2.45) is 4.99 Å². The molecule has 2 aliphatic rings. The van der Waals surface area contributed by atoms with Gasteiger partial charge in [0.1, 0.15) is 5.84 Å². The lowest BCUT2D eigenvalue weighted by Crippen LogP contribution is -2.33. The molecule has 0 saturated heterocycles. The first-order valence-corrected chi connectivity index (χ1v) is 13.9. The van der Waals surface area contributed by atoms with Gasteiger partial charge in [0.25, 0.3) is 0 Å². The third-order valence-electron chi connectivity index (χ3n) is 7.82. The predicted molar refractivity (Wildman–Crippen MR) is 159 cm³/mol. The zero-order valence-corrected chi connectivity index (χ0v) is 22.3. The Morgan fingerprint density at radius 1 is 0.632 bits per heavy atom. The van der Waals surface area contributed by atoms with Crippen molar-refractivity contribution >= 4 is 23.3 Å². The monoisotopic (exact) mass is 508 g/mol. The number of nitrogens with zero attached hydrogens (tertiary/aromatic N) is 1. The number of hydrogen-bond donors (Lipinski definition) is 1. The predicted octanol–water partition coefficient (Wildman–Crippen LogP) is 8.92. The van der Waals surface area contributed by atoms with Crippen LogP contribution in [0.1, 0.15) is 47.7 Å². The molecular weight excluding hydrogens is 480 g/mol. The number of fused-ring (bicyclic) bond motifs is 3. The Bertz CT molecular complexity index is 1680. The molecule has 2 nitrogen and oxygen atoms in total. The molecule has 0 fully saturated rings. The van der Waals surface area contributed by atoms with Crippen LogP contribution in [0.5, 0.6) is 0 Å². The molecule has 2 heterocycles. The summed E-state index contributed by atoms with van der Waals surface area (Å²) in [5, 5.41) is 3.80. The van der Waals surface area contributed by atoms with E-state index in [4.69, 9.17) is 4.99 Å². The summed E-state index contributed by atoms with van der Waals surface area (Å²) in [5.41, 5.74) is 9.69. The van der Waals surface area contributed by atoms with Crippen LogP contribution in [0.15, 0.2) is 136 Å². The van der Waals surface area contributed by atoms with Crippen LogP contribution in [-0.4, -0.2) is 5.84 Å². The smallest absolute Gasteiger partial charge is 0.134 e. The van der Waals surface area contributed by atoms with Gasteiger partial charge in [-0.2, -0.15) is 0 Å². The molecule has 38 heavy (non-hydrogen) atoms. The lowest BCUT2D eigenvalue weighted by molar-refractivity contribution is 0.607. The Balaban J connectivity index is 1.27. The summed E-state index contributed by atoms with van der Waals surface area (Å²) in [5.74, 6) is 0.920. The number of nitrogens with one attached hydrogen (secondary N) is 1. The molecule has 1 atom stereocenters. The molecule has 0 amide bonds. The van der Waals surface area contributed by atoms with Gasteiger partial charge in [-0.3, -0.25) is 0 Å². The molecule has 3 heteroatoms. The molecule has 0 spiro atoms. The normalized spacial score (nSPS) is 16.9. The molecule has 0 aliphatic carbocycles. The fourth-order valence-corrected chi connectivity index (χ4v) is 7.08. The Morgan fingerprint density at radius 3 is 2.13 bits per heavy atom. The minimum absolute atomic E-state index is 0.0302. The van der Waals surface area contributed by atoms with Crippen molar-refractivity contribution in [2.45, 2.75) is 35.1 Å². The highest BCUT2D eigenvalue weighted by Crippen LogP contribution is 2.49. The van der Waals surface area contributed by atoms with Gasteiger partial charge in [-0.15, -0.1) is 0 Å². The first-order valence-electron chi connectivity index (χ1n) is 13.1. The Morgan fingerprint density at radius 2 is 1.29 bits per heavy atom. The average molecular weight is 509 g/mol. The first-order chi connectivity index (χ1) is 18.6. The van der Waals surface area contributed by atoms with Crippen molar-refractivity contribution in [2.75, 3.05) is 0 Å². The van der Waals surface area contributed by atoms with Gasteiger partial charge in [-0.25, -0.2) is 4.99 Å². The SMILES string of the molecule is CC1(C)c2ccccc2Sc2ccc(C3=Nc4ccccc4C(c4ccc(-c5ccccc5)cc4)N3)cc21. The van der Waals surface area contributed by atoms with Gasteiger partial charge >= 0.3 is 0 Å². The summed E-state index contributed by atoms with van der Waals surface area (Å²) in [6.45, 7) is 4.66. The van der Waals surface area contributed by atoms with E-state index in [1.807, 2.05) is 11.8 Å². The van der Waals surface area contributed by atoms with E-state index >= 15 is 0 Å². The number of benzene rings is 5. The Kier molecular flexibility index (Phi) is 5.49. The van der Waals surface area contributed by atoms with E-state index in [0.717, 1.165) is 17.1 Å². The standard InChI is InChI=1S/C35H28N2S/c1-35(2)28-13-7-9-15-31(28)38-32-21-20-26(22-29(32)35)34-36-30-14-8-6-12-27(30)33(37-34)25-18-16-24(17-19-25)23-10-4-3-5-11-23/h3-22,33H,1-2H3,(H,36,37). The summed E-state index contributed by atoms with van der Waals surface area (Å²) in [6.07, 6.45) is 0. The lowest BCUT2D eigenvalue weighted by atomic mass is 9.77. The van der Waals surface area contributed by atoms with Crippen LogP contribution in [-0.2, 0) is 5.41 Å². The molecular formula is C35H28N2S. The third-order valence-corrected chi connectivity index (χ3v) is 8.97. The first kappa shape index (κ1) is 23.1. The average Bonchev–Trinajstić information content (AvgIpc) is 2.97. The number of rotatable bonds is 3. The summed E-state index contributed by atoms with van der Waals surface area (Å²) in [6, 6.07) is 43.6. The molecule has 0 bridgehead atoms. The van der Waals surface area contributed by atoms with E-state index in [-0.39, 0.29) is 11.5 Å². The molecule has 0 saturated carbocycles. The van der Waals surface area contributed by atoms with Crippen LogP contribution < -0.4 is 5.32 Å². The minimum atomic E-state index is -0.0764. The second-order valence-electron chi connectivity index (χ2n) is 10.5. The molecule has 184 valence electrons. The van der Waals surface area contributed by atoms with Gasteiger partial charge in [0.2, 0.25) is 0 Å². The highest BCUT2D eigenvalue weighted by atomic mass is 32.2. The molecule has 5 aromatic carbocycles.